The number of carbonyl (C=O) groups is 1. The van der Waals surface area contributed by atoms with E-state index in [-0.39, 0.29) is 17.2 Å². The van der Waals surface area contributed by atoms with Gasteiger partial charge in [-0.05, 0) is 17.7 Å². The van der Waals surface area contributed by atoms with Gasteiger partial charge in [-0.25, -0.2) is 8.42 Å². The highest BCUT2D eigenvalue weighted by molar-refractivity contribution is 7.72. The maximum atomic E-state index is 11.0. The van der Waals surface area contributed by atoms with Crippen LogP contribution in [0.5, 0.6) is 0 Å². The first-order chi connectivity index (χ1) is 6.63. The number of benzene rings is 1. The van der Waals surface area contributed by atoms with Gasteiger partial charge in [0.2, 0.25) is 5.91 Å². The lowest BCUT2D eigenvalue weighted by Crippen LogP contribution is -2.19. The minimum absolute atomic E-state index is 0.136. The van der Waals surface area contributed by atoms with Crippen LogP contribution >= 0.6 is 0 Å². The van der Waals surface area contributed by atoms with Crippen LogP contribution in [0, 0.1) is 0 Å². The molecule has 1 amide bonds. The highest BCUT2D eigenvalue weighted by Gasteiger charge is 2.02. The fraction of sp³-hybridized carbons (Fsp3) is 0.222. The van der Waals surface area contributed by atoms with Crippen molar-refractivity contribution in [2.45, 2.75) is 11.3 Å². The lowest BCUT2D eigenvalue weighted by atomic mass is 10.1. The van der Waals surface area contributed by atoms with Gasteiger partial charge in [-0.2, -0.15) is 0 Å². The molecular formula is C9H11NO3S. The quantitative estimate of drug-likeness (QED) is 0.692. The first kappa shape index (κ1) is 10.7. The summed E-state index contributed by atoms with van der Waals surface area (Å²) in [6.45, 7) is 0. The van der Waals surface area contributed by atoms with Crippen molar-refractivity contribution in [1.29, 1.82) is 0 Å². The molecule has 1 rings (SSSR count). The smallest absolute Gasteiger partial charge is 0.224 e. The summed E-state index contributed by atoms with van der Waals surface area (Å²) in [5.74, 6) is -0.136. The normalized spacial score (nSPS) is 10.1. The Morgan fingerprint density at radius 2 is 2.14 bits per heavy atom. The van der Waals surface area contributed by atoms with Crippen molar-refractivity contribution in [3.63, 3.8) is 0 Å². The molecule has 0 saturated heterocycles. The molecule has 1 aromatic carbocycles. The first-order valence-corrected chi connectivity index (χ1v) is 5.25. The monoisotopic (exact) mass is 213 g/mol. The topological polar surface area (TPSA) is 63.2 Å². The molecule has 0 radical (unpaired) electrons. The lowest BCUT2D eigenvalue weighted by molar-refractivity contribution is -0.119. The van der Waals surface area contributed by atoms with Crippen LogP contribution in [0.3, 0.4) is 0 Å². The third kappa shape index (κ3) is 2.85. The Morgan fingerprint density at radius 3 is 2.71 bits per heavy atom. The van der Waals surface area contributed by atoms with Crippen LogP contribution in [0.4, 0.5) is 0 Å². The van der Waals surface area contributed by atoms with E-state index in [1.165, 1.54) is 12.1 Å². The zero-order valence-electron chi connectivity index (χ0n) is 7.69. The molecule has 0 unspecified atom stereocenters. The summed E-state index contributed by atoms with van der Waals surface area (Å²) in [5, 5.41) is 2.47. The lowest BCUT2D eigenvalue weighted by Gasteiger charge is -2.00. The number of thiol groups is 1. The van der Waals surface area contributed by atoms with E-state index in [1.54, 1.807) is 19.2 Å². The summed E-state index contributed by atoms with van der Waals surface area (Å²) in [4.78, 5) is 11.2. The zero-order chi connectivity index (χ0) is 10.6. The molecule has 5 heteroatoms. The molecule has 0 spiro atoms. The Kier molecular flexibility index (Phi) is 3.64. The fourth-order valence-electron chi connectivity index (χ4n) is 1.05. The van der Waals surface area contributed by atoms with Gasteiger partial charge in [0.25, 0.3) is 0 Å². The molecule has 76 valence electrons. The number of hydrogen-bond donors (Lipinski definition) is 2. The maximum Gasteiger partial charge on any atom is 0.224 e. The summed E-state index contributed by atoms with van der Waals surface area (Å²) in [6, 6.07) is 6.34. The molecule has 4 nitrogen and oxygen atoms in total. The second-order valence-corrected chi connectivity index (χ2v) is 3.81. The maximum absolute atomic E-state index is 11.0. The van der Waals surface area contributed by atoms with Crippen molar-refractivity contribution in [3.05, 3.63) is 29.8 Å². The first-order valence-electron chi connectivity index (χ1n) is 4.07. The predicted molar refractivity (Wildman–Crippen MR) is 52.8 cm³/mol. The minimum atomic E-state index is -2.57. The zero-order valence-corrected chi connectivity index (χ0v) is 8.58. The van der Waals surface area contributed by atoms with E-state index < -0.39 is 10.7 Å². The van der Waals surface area contributed by atoms with Crippen LogP contribution in [0.25, 0.3) is 0 Å². The standard InChI is InChI=1S/C9H11NO3S/c1-10-9(11)6-7-3-2-4-8(5-7)14(12)13/h2-5,14H,6H2,1H3,(H,10,11). The second kappa shape index (κ2) is 4.76. The number of likely N-dealkylation sites (N-methyl/N-ethyl adjacent to an activating group) is 1. The van der Waals surface area contributed by atoms with E-state index in [9.17, 15) is 13.2 Å². The van der Waals surface area contributed by atoms with E-state index >= 15 is 0 Å². The average molecular weight is 213 g/mol. The van der Waals surface area contributed by atoms with Gasteiger partial charge in [0.15, 0.2) is 10.7 Å². The summed E-state index contributed by atoms with van der Waals surface area (Å²) < 4.78 is 21.3. The van der Waals surface area contributed by atoms with Crippen molar-refractivity contribution < 1.29 is 13.2 Å². The SMILES string of the molecule is CNC(=O)Cc1cccc([SH](=O)=O)c1. The molecule has 0 atom stereocenters. The molecule has 0 fully saturated rings. The highest BCUT2D eigenvalue weighted by Crippen LogP contribution is 2.06. The van der Waals surface area contributed by atoms with Crippen molar-refractivity contribution in [2.75, 3.05) is 7.05 Å². The van der Waals surface area contributed by atoms with Gasteiger partial charge in [-0.1, -0.05) is 12.1 Å². The molecule has 0 heterocycles. The van der Waals surface area contributed by atoms with Crippen LogP contribution in [-0.2, 0) is 21.9 Å². The molecule has 14 heavy (non-hydrogen) atoms. The molecule has 0 bridgehead atoms. The number of rotatable bonds is 3. The van der Waals surface area contributed by atoms with Gasteiger partial charge >= 0.3 is 0 Å². The van der Waals surface area contributed by atoms with Crippen molar-refractivity contribution in [2.24, 2.45) is 0 Å². The van der Waals surface area contributed by atoms with Crippen LogP contribution in [0.1, 0.15) is 5.56 Å². The Labute approximate surface area is 83.9 Å². The summed E-state index contributed by atoms with van der Waals surface area (Å²) >= 11 is 0. The van der Waals surface area contributed by atoms with Crippen molar-refractivity contribution in [3.8, 4) is 0 Å². The third-order valence-electron chi connectivity index (χ3n) is 1.76. The van der Waals surface area contributed by atoms with Gasteiger partial charge in [-0.15, -0.1) is 0 Å². The van der Waals surface area contributed by atoms with Gasteiger partial charge in [0.05, 0.1) is 11.3 Å². The number of amides is 1. The number of carbonyl (C=O) groups excluding carboxylic acids is 1. The molecule has 0 aliphatic carbocycles. The largest absolute Gasteiger partial charge is 0.359 e. The van der Waals surface area contributed by atoms with Crippen molar-refractivity contribution in [1.82, 2.24) is 5.32 Å². The Balaban J connectivity index is 2.89. The average Bonchev–Trinajstić information content (AvgIpc) is 2.18. The van der Waals surface area contributed by atoms with Crippen LogP contribution in [0.15, 0.2) is 29.2 Å². The van der Waals surface area contributed by atoms with Gasteiger partial charge < -0.3 is 5.32 Å². The van der Waals surface area contributed by atoms with Crippen molar-refractivity contribution >= 4 is 16.6 Å². The summed E-state index contributed by atoms with van der Waals surface area (Å²) in [6.07, 6.45) is 0.202. The molecule has 0 aromatic heterocycles. The molecule has 0 aliphatic rings. The van der Waals surface area contributed by atoms with Crippen LogP contribution in [0.2, 0.25) is 0 Å². The minimum Gasteiger partial charge on any atom is -0.359 e. The van der Waals surface area contributed by atoms with Gasteiger partial charge in [0, 0.05) is 7.05 Å². The fourth-order valence-corrected chi connectivity index (χ4v) is 1.53. The number of hydrogen-bond acceptors (Lipinski definition) is 3. The van der Waals surface area contributed by atoms with E-state index in [0.29, 0.717) is 5.56 Å². The van der Waals surface area contributed by atoms with E-state index in [2.05, 4.69) is 5.32 Å². The Morgan fingerprint density at radius 1 is 1.43 bits per heavy atom. The van der Waals surface area contributed by atoms with Crippen LogP contribution < -0.4 is 5.32 Å². The van der Waals surface area contributed by atoms with Gasteiger partial charge in [0.1, 0.15) is 0 Å². The van der Waals surface area contributed by atoms with E-state index in [0.717, 1.165) is 0 Å². The Hall–Kier alpha value is -1.36. The predicted octanol–water partition coefficient (Wildman–Crippen LogP) is -0.0546. The second-order valence-electron chi connectivity index (χ2n) is 2.78. The summed E-state index contributed by atoms with van der Waals surface area (Å²) in [5.41, 5.74) is 0.695. The van der Waals surface area contributed by atoms with Crippen LogP contribution in [-0.4, -0.2) is 21.4 Å². The highest BCUT2D eigenvalue weighted by atomic mass is 32.2. The van der Waals surface area contributed by atoms with E-state index in [4.69, 9.17) is 0 Å². The molecular weight excluding hydrogens is 202 g/mol. The molecule has 1 aromatic rings. The molecule has 1 N–H and O–H groups in total. The number of nitrogens with one attached hydrogen (secondary N) is 1. The molecule has 0 saturated carbocycles. The molecule has 0 aliphatic heterocycles. The third-order valence-corrected chi connectivity index (χ3v) is 2.46. The Bertz CT molecular complexity index is 404. The summed E-state index contributed by atoms with van der Waals surface area (Å²) in [7, 11) is -1.03. The van der Waals surface area contributed by atoms with Gasteiger partial charge in [-0.3, -0.25) is 4.79 Å². The van der Waals surface area contributed by atoms with E-state index in [1.807, 2.05) is 0 Å².